The SMILES string of the molecule is CCCNC(=O)C1=C(C)Nc2c(c(=O)n(C)c(=O)n2C)C1c1ccc(C)cc1. The molecule has 1 aromatic heterocycles. The summed E-state index contributed by atoms with van der Waals surface area (Å²) in [5, 5.41) is 6.04. The van der Waals surface area contributed by atoms with Crippen molar-refractivity contribution in [2.75, 3.05) is 11.9 Å². The zero-order valence-corrected chi connectivity index (χ0v) is 16.9. The number of carbonyl (C=O) groups excluding carboxylic acids is 1. The molecule has 3 rings (SSSR count). The van der Waals surface area contributed by atoms with Gasteiger partial charge in [-0.15, -0.1) is 0 Å². The zero-order valence-electron chi connectivity index (χ0n) is 16.9. The van der Waals surface area contributed by atoms with Gasteiger partial charge in [-0.25, -0.2) is 4.79 Å². The van der Waals surface area contributed by atoms with Gasteiger partial charge in [-0.1, -0.05) is 36.8 Å². The van der Waals surface area contributed by atoms with Crippen LogP contribution >= 0.6 is 0 Å². The molecule has 1 aromatic carbocycles. The number of anilines is 1. The van der Waals surface area contributed by atoms with E-state index in [-0.39, 0.29) is 5.91 Å². The maximum Gasteiger partial charge on any atom is 0.332 e. The second-order valence-electron chi connectivity index (χ2n) is 7.23. The van der Waals surface area contributed by atoms with E-state index in [0.29, 0.717) is 29.2 Å². The van der Waals surface area contributed by atoms with Gasteiger partial charge in [-0.3, -0.25) is 18.7 Å². The van der Waals surface area contributed by atoms with Gasteiger partial charge >= 0.3 is 5.69 Å². The van der Waals surface area contributed by atoms with Gasteiger partial charge in [-0.2, -0.15) is 0 Å². The van der Waals surface area contributed by atoms with Crippen molar-refractivity contribution in [1.29, 1.82) is 0 Å². The van der Waals surface area contributed by atoms with Crippen LogP contribution in [0, 0.1) is 6.92 Å². The molecule has 0 radical (unpaired) electrons. The highest BCUT2D eigenvalue weighted by atomic mass is 16.2. The lowest BCUT2D eigenvalue weighted by Crippen LogP contribution is -2.44. The monoisotopic (exact) mass is 382 g/mol. The van der Waals surface area contributed by atoms with E-state index in [2.05, 4.69) is 10.6 Å². The van der Waals surface area contributed by atoms with Crippen molar-refractivity contribution in [3.63, 3.8) is 0 Å². The molecule has 0 aliphatic carbocycles. The van der Waals surface area contributed by atoms with Crippen LogP contribution in [0.3, 0.4) is 0 Å². The minimum absolute atomic E-state index is 0.209. The smallest absolute Gasteiger partial charge is 0.332 e. The Morgan fingerprint density at radius 3 is 2.36 bits per heavy atom. The number of amides is 1. The zero-order chi connectivity index (χ0) is 20.6. The van der Waals surface area contributed by atoms with Crippen LogP contribution < -0.4 is 21.9 Å². The molecular weight excluding hydrogens is 356 g/mol. The van der Waals surface area contributed by atoms with Gasteiger partial charge < -0.3 is 10.6 Å². The molecule has 2 aromatic rings. The van der Waals surface area contributed by atoms with Crippen LogP contribution in [0.4, 0.5) is 5.82 Å². The first kappa shape index (κ1) is 19.7. The van der Waals surface area contributed by atoms with Crippen molar-refractivity contribution < 1.29 is 4.79 Å². The highest BCUT2D eigenvalue weighted by Crippen LogP contribution is 2.39. The Bertz CT molecular complexity index is 1070. The molecule has 148 valence electrons. The van der Waals surface area contributed by atoms with E-state index in [0.717, 1.165) is 22.1 Å². The molecule has 1 unspecified atom stereocenters. The van der Waals surface area contributed by atoms with Gasteiger partial charge in [0.1, 0.15) is 5.82 Å². The Balaban J connectivity index is 2.32. The molecule has 0 fully saturated rings. The lowest BCUT2D eigenvalue weighted by molar-refractivity contribution is -0.117. The third kappa shape index (κ3) is 3.17. The molecule has 2 heterocycles. The van der Waals surface area contributed by atoms with E-state index < -0.39 is 17.2 Å². The van der Waals surface area contributed by atoms with Crippen LogP contribution in [0.2, 0.25) is 0 Å². The van der Waals surface area contributed by atoms with Crippen LogP contribution in [-0.4, -0.2) is 21.6 Å². The molecule has 0 spiro atoms. The Morgan fingerprint density at radius 1 is 1.11 bits per heavy atom. The summed E-state index contributed by atoms with van der Waals surface area (Å²) in [6, 6.07) is 7.78. The minimum atomic E-state index is -0.556. The van der Waals surface area contributed by atoms with E-state index in [1.165, 1.54) is 11.6 Å². The maximum atomic E-state index is 13.1. The fourth-order valence-electron chi connectivity index (χ4n) is 3.61. The standard InChI is InChI=1S/C21H26N4O3/c1-6-11-22-19(26)15-13(3)23-18-17(20(27)25(5)21(28)24(18)4)16(15)14-9-7-12(2)8-10-14/h7-10,16,23H,6,11H2,1-5H3,(H,22,26). The predicted molar refractivity (Wildman–Crippen MR) is 110 cm³/mol. The van der Waals surface area contributed by atoms with Gasteiger partial charge in [0.15, 0.2) is 0 Å². The van der Waals surface area contributed by atoms with Gasteiger partial charge in [0.2, 0.25) is 5.91 Å². The fraction of sp³-hybridized carbons (Fsp3) is 0.381. The van der Waals surface area contributed by atoms with Crippen molar-refractivity contribution in [1.82, 2.24) is 14.5 Å². The average Bonchev–Trinajstić information content (AvgIpc) is 2.68. The van der Waals surface area contributed by atoms with Gasteiger partial charge in [0, 0.05) is 31.9 Å². The lowest BCUT2D eigenvalue weighted by Gasteiger charge is -2.31. The molecule has 0 saturated heterocycles. The van der Waals surface area contributed by atoms with Gasteiger partial charge in [0.05, 0.1) is 11.5 Å². The molecular formula is C21H26N4O3. The van der Waals surface area contributed by atoms with Crippen LogP contribution in [0.15, 0.2) is 45.1 Å². The number of allylic oxidation sites excluding steroid dienone is 1. The number of benzene rings is 1. The Hall–Kier alpha value is -3.09. The molecule has 1 atom stereocenters. The number of hydrogen-bond acceptors (Lipinski definition) is 4. The number of nitrogens with zero attached hydrogens (tertiary/aromatic N) is 2. The molecule has 0 bridgehead atoms. The van der Waals surface area contributed by atoms with Crippen LogP contribution in [0.5, 0.6) is 0 Å². The summed E-state index contributed by atoms with van der Waals surface area (Å²) in [6.07, 6.45) is 0.813. The first-order chi connectivity index (χ1) is 13.3. The van der Waals surface area contributed by atoms with Crippen molar-refractivity contribution in [3.8, 4) is 0 Å². The van der Waals surface area contributed by atoms with Crippen LogP contribution in [0.1, 0.15) is 42.9 Å². The first-order valence-corrected chi connectivity index (χ1v) is 9.40. The number of aromatic nitrogens is 2. The summed E-state index contributed by atoms with van der Waals surface area (Å²) in [6.45, 7) is 6.32. The lowest BCUT2D eigenvalue weighted by atomic mass is 9.81. The average molecular weight is 382 g/mol. The van der Waals surface area contributed by atoms with Crippen molar-refractivity contribution in [3.05, 3.63) is 73.1 Å². The molecule has 0 saturated carbocycles. The topological polar surface area (TPSA) is 85.1 Å². The number of nitrogens with one attached hydrogen (secondary N) is 2. The Kier molecular flexibility index (Phi) is 5.27. The minimum Gasteiger partial charge on any atom is -0.352 e. The van der Waals surface area contributed by atoms with E-state index in [1.54, 1.807) is 14.0 Å². The molecule has 28 heavy (non-hydrogen) atoms. The maximum absolute atomic E-state index is 13.1. The van der Waals surface area contributed by atoms with Gasteiger partial charge in [0.25, 0.3) is 5.56 Å². The molecule has 2 N–H and O–H groups in total. The number of fused-ring (bicyclic) bond motifs is 1. The Morgan fingerprint density at radius 2 is 1.75 bits per heavy atom. The van der Waals surface area contributed by atoms with E-state index in [1.807, 2.05) is 38.1 Å². The number of rotatable bonds is 4. The quantitative estimate of drug-likeness (QED) is 0.844. The van der Waals surface area contributed by atoms with Crippen molar-refractivity contribution >= 4 is 11.7 Å². The molecule has 7 heteroatoms. The van der Waals surface area contributed by atoms with Crippen molar-refractivity contribution in [2.45, 2.75) is 33.1 Å². The number of hydrogen-bond donors (Lipinski definition) is 2. The third-order valence-electron chi connectivity index (χ3n) is 5.18. The molecule has 1 aliphatic heterocycles. The second-order valence-corrected chi connectivity index (χ2v) is 7.23. The second kappa shape index (κ2) is 7.50. The van der Waals surface area contributed by atoms with Crippen LogP contribution in [0.25, 0.3) is 0 Å². The van der Waals surface area contributed by atoms with E-state index in [4.69, 9.17) is 0 Å². The highest BCUT2D eigenvalue weighted by Gasteiger charge is 2.36. The summed E-state index contributed by atoms with van der Waals surface area (Å²) < 4.78 is 2.51. The summed E-state index contributed by atoms with van der Waals surface area (Å²) in [4.78, 5) is 38.5. The highest BCUT2D eigenvalue weighted by molar-refractivity contribution is 5.98. The summed E-state index contributed by atoms with van der Waals surface area (Å²) >= 11 is 0. The molecule has 1 aliphatic rings. The third-order valence-corrected chi connectivity index (χ3v) is 5.18. The van der Waals surface area contributed by atoms with Gasteiger partial charge in [-0.05, 0) is 25.8 Å². The van der Waals surface area contributed by atoms with E-state index in [9.17, 15) is 14.4 Å². The number of carbonyl (C=O) groups is 1. The predicted octanol–water partition coefficient (Wildman–Crippen LogP) is 1.75. The largest absolute Gasteiger partial charge is 0.352 e. The fourth-order valence-corrected chi connectivity index (χ4v) is 3.61. The summed E-state index contributed by atoms with van der Waals surface area (Å²) in [5.74, 6) is -0.332. The molecule has 7 nitrogen and oxygen atoms in total. The van der Waals surface area contributed by atoms with Crippen molar-refractivity contribution in [2.24, 2.45) is 14.1 Å². The Labute approximate surface area is 163 Å². The van der Waals surface area contributed by atoms with Crippen LogP contribution in [-0.2, 0) is 18.9 Å². The normalized spacial score (nSPS) is 15.8. The first-order valence-electron chi connectivity index (χ1n) is 9.40. The summed E-state index contributed by atoms with van der Waals surface area (Å²) in [7, 11) is 3.08. The molecule has 1 amide bonds. The van der Waals surface area contributed by atoms with E-state index >= 15 is 0 Å². The summed E-state index contributed by atoms with van der Waals surface area (Å²) in [5.41, 5.74) is 2.65. The number of aryl methyl sites for hydroxylation is 1.